The van der Waals surface area contributed by atoms with Crippen molar-refractivity contribution in [2.24, 2.45) is 0 Å². The van der Waals surface area contributed by atoms with Gasteiger partial charge >= 0.3 is 0 Å². The fraction of sp³-hybridized carbons (Fsp3) is 0.600. The first-order valence-corrected chi connectivity index (χ1v) is 7.97. The molecule has 3 rings (SSSR count). The van der Waals surface area contributed by atoms with E-state index in [1.807, 2.05) is 6.07 Å². The highest BCUT2D eigenvalue weighted by Crippen LogP contribution is 2.37. The van der Waals surface area contributed by atoms with Crippen molar-refractivity contribution in [2.75, 3.05) is 25.5 Å². The van der Waals surface area contributed by atoms with Gasteiger partial charge in [0.1, 0.15) is 13.2 Å². The second kappa shape index (κ2) is 5.63. The fourth-order valence-corrected chi connectivity index (χ4v) is 3.92. The van der Waals surface area contributed by atoms with Gasteiger partial charge in [-0.2, -0.15) is 11.8 Å². The third-order valence-corrected chi connectivity index (χ3v) is 5.27. The summed E-state index contributed by atoms with van der Waals surface area (Å²) in [6, 6.07) is 6.22. The van der Waals surface area contributed by atoms with E-state index in [9.17, 15) is 0 Å². The van der Waals surface area contributed by atoms with Crippen LogP contribution in [0.4, 0.5) is 0 Å². The monoisotopic (exact) mass is 279 g/mol. The van der Waals surface area contributed by atoms with Gasteiger partial charge in [0.05, 0.1) is 0 Å². The summed E-state index contributed by atoms with van der Waals surface area (Å²) in [5, 5.41) is 3.57. The smallest absolute Gasteiger partial charge is 0.161 e. The zero-order valence-corrected chi connectivity index (χ0v) is 12.2. The van der Waals surface area contributed by atoms with Crippen LogP contribution in [-0.2, 0) is 6.54 Å². The van der Waals surface area contributed by atoms with Crippen LogP contribution in [0, 0.1) is 0 Å². The number of ether oxygens (including phenoxy) is 2. The first kappa shape index (κ1) is 13.1. The average molecular weight is 279 g/mol. The molecule has 1 aromatic carbocycles. The van der Waals surface area contributed by atoms with Gasteiger partial charge in [0.2, 0.25) is 0 Å². The first-order chi connectivity index (χ1) is 9.25. The Morgan fingerprint density at radius 2 is 2.11 bits per heavy atom. The number of fused-ring (bicyclic) bond motifs is 1. The molecule has 2 aliphatic heterocycles. The minimum atomic E-state index is 0.424. The molecule has 2 heterocycles. The second-order valence-electron chi connectivity index (χ2n) is 5.48. The lowest BCUT2D eigenvalue weighted by atomic mass is 10.1. The van der Waals surface area contributed by atoms with E-state index in [2.05, 4.69) is 36.1 Å². The Labute approximate surface area is 119 Å². The Morgan fingerprint density at radius 3 is 2.89 bits per heavy atom. The molecule has 1 saturated heterocycles. The van der Waals surface area contributed by atoms with Crippen molar-refractivity contribution in [1.82, 2.24) is 5.32 Å². The second-order valence-corrected chi connectivity index (χ2v) is 7.17. The van der Waals surface area contributed by atoms with Crippen LogP contribution < -0.4 is 14.8 Å². The summed E-state index contributed by atoms with van der Waals surface area (Å²) in [7, 11) is 0. The van der Waals surface area contributed by atoms with Crippen LogP contribution in [0.1, 0.15) is 25.3 Å². The van der Waals surface area contributed by atoms with Crippen molar-refractivity contribution in [3.05, 3.63) is 23.8 Å². The molecule has 1 unspecified atom stereocenters. The Hall–Kier alpha value is -0.870. The van der Waals surface area contributed by atoms with Gasteiger partial charge in [0.15, 0.2) is 11.5 Å². The van der Waals surface area contributed by atoms with E-state index in [1.165, 1.54) is 24.2 Å². The van der Waals surface area contributed by atoms with Crippen LogP contribution in [0.2, 0.25) is 0 Å². The maximum atomic E-state index is 5.61. The highest BCUT2D eigenvalue weighted by Gasteiger charge is 2.28. The van der Waals surface area contributed by atoms with Crippen molar-refractivity contribution >= 4 is 11.8 Å². The molecule has 1 atom stereocenters. The Kier molecular flexibility index (Phi) is 3.89. The SMILES string of the molecule is CC1(CNCc2ccc3c(c2)OCCO3)CCCS1. The van der Waals surface area contributed by atoms with Gasteiger partial charge in [-0.3, -0.25) is 0 Å². The number of thioether (sulfide) groups is 1. The van der Waals surface area contributed by atoms with E-state index in [0.717, 1.165) is 24.6 Å². The molecule has 0 amide bonds. The highest BCUT2D eigenvalue weighted by molar-refractivity contribution is 8.00. The van der Waals surface area contributed by atoms with Crippen molar-refractivity contribution in [3.63, 3.8) is 0 Å². The van der Waals surface area contributed by atoms with Gasteiger partial charge in [0, 0.05) is 17.8 Å². The lowest BCUT2D eigenvalue weighted by Gasteiger charge is -2.23. The van der Waals surface area contributed by atoms with Crippen LogP contribution in [0.5, 0.6) is 11.5 Å². The largest absolute Gasteiger partial charge is 0.486 e. The van der Waals surface area contributed by atoms with Gasteiger partial charge in [0.25, 0.3) is 0 Å². The molecule has 0 spiro atoms. The molecule has 1 fully saturated rings. The molecule has 0 aliphatic carbocycles. The molecule has 2 aliphatic rings. The van der Waals surface area contributed by atoms with Crippen LogP contribution in [0.25, 0.3) is 0 Å². The molecule has 0 bridgehead atoms. The van der Waals surface area contributed by atoms with Crippen LogP contribution in [-0.4, -0.2) is 30.3 Å². The molecule has 4 heteroatoms. The first-order valence-electron chi connectivity index (χ1n) is 6.98. The van der Waals surface area contributed by atoms with E-state index in [4.69, 9.17) is 9.47 Å². The van der Waals surface area contributed by atoms with Crippen molar-refractivity contribution in [2.45, 2.75) is 31.1 Å². The topological polar surface area (TPSA) is 30.5 Å². The minimum absolute atomic E-state index is 0.424. The molecule has 3 nitrogen and oxygen atoms in total. The number of hydrogen-bond acceptors (Lipinski definition) is 4. The van der Waals surface area contributed by atoms with Crippen molar-refractivity contribution in [1.29, 1.82) is 0 Å². The predicted octanol–water partition coefficient (Wildman–Crippen LogP) is 2.83. The summed E-state index contributed by atoms with van der Waals surface area (Å²) in [4.78, 5) is 0. The highest BCUT2D eigenvalue weighted by atomic mass is 32.2. The average Bonchev–Trinajstić information content (AvgIpc) is 2.86. The molecule has 1 N–H and O–H groups in total. The Balaban J connectivity index is 1.55. The van der Waals surface area contributed by atoms with Crippen molar-refractivity contribution in [3.8, 4) is 11.5 Å². The Morgan fingerprint density at radius 1 is 1.26 bits per heavy atom. The van der Waals surface area contributed by atoms with Gasteiger partial charge in [-0.15, -0.1) is 0 Å². The zero-order chi connectivity index (χ0) is 13.1. The van der Waals surface area contributed by atoms with E-state index in [-0.39, 0.29) is 0 Å². The van der Waals surface area contributed by atoms with E-state index >= 15 is 0 Å². The third kappa shape index (κ3) is 3.18. The summed E-state index contributed by atoms with van der Waals surface area (Å²) in [6.07, 6.45) is 2.68. The summed E-state index contributed by atoms with van der Waals surface area (Å²) < 4.78 is 11.6. The number of rotatable bonds is 4. The summed E-state index contributed by atoms with van der Waals surface area (Å²) in [5.41, 5.74) is 1.26. The van der Waals surface area contributed by atoms with E-state index in [0.29, 0.717) is 18.0 Å². The molecule has 19 heavy (non-hydrogen) atoms. The van der Waals surface area contributed by atoms with Gasteiger partial charge in [-0.25, -0.2) is 0 Å². The van der Waals surface area contributed by atoms with Crippen LogP contribution in [0.15, 0.2) is 18.2 Å². The molecule has 1 aromatic rings. The summed E-state index contributed by atoms with van der Waals surface area (Å²) in [6.45, 7) is 5.64. The third-order valence-electron chi connectivity index (χ3n) is 3.74. The lowest BCUT2D eigenvalue weighted by Crippen LogP contribution is -2.32. The summed E-state index contributed by atoms with van der Waals surface area (Å²) >= 11 is 2.10. The minimum Gasteiger partial charge on any atom is -0.486 e. The molecular formula is C15H21NO2S. The maximum Gasteiger partial charge on any atom is 0.161 e. The molecule has 104 valence electrons. The van der Waals surface area contributed by atoms with Gasteiger partial charge in [-0.1, -0.05) is 6.07 Å². The van der Waals surface area contributed by atoms with E-state index < -0.39 is 0 Å². The fourth-order valence-electron chi connectivity index (χ4n) is 2.65. The zero-order valence-electron chi connectivity index (χ0n) is 11.4. The molecule has 0 saturated carbocycles. The maximum absolute atomic E-state index is 5.61. The molecule has 0 radical (unpaired) electrons. The quantitative estimate of drug-likeness (QED) is 0.918. The number of nitrogens with one attached hydrogen (secondary N) is 1. The van der Waals surface area contributed by atoms with Crippen LogP contribution in [0.3, 0.4) is 0 Å². The molecular weight excluding hydrogens is 258 g/mol. The van der Waals surface area contributed by atoms with E-state index in [1.54, 1.807) is 0 Å². The molecule has 0 aromatic heterocycles. The van der Waals surface area contributed by atoms with Crippen molar-refractivity contribution < 1.29 is 9.47 Å². The summed E-state index contributed by atoms with van der Waals surface area (Å²) in [5.74, 6) is 3.06. The van der Waals surface area contributed by atoms with Crippen LogP contribution >= 0.6 is 11.8 Å². The number of benzene rings is 1. The number of hydrogen-bond donors (Lipinski definition) is 1. The normalized spacial score (nSPS) is 25.5. The predicted molar refractivity (Wildman–Crippen MR) is 79.2 cm³/mol. The Bertz CT molecular complexity index is 444. The standard InChI is InChI=1S/C15H21NO2S/c1-15(5-2-8-19-15)11-16-10-12-3-4-13-14(9-12)18-7-6-17-13/h3-4,9,16H,2,5-8,10-11H2,1H3. The van der Waals surface area contributed by atoms with Gasteiger partial charge in [-0.05, 0) is 43.2 Å². The lowest BCUT2D eigenvalue weighted by molar-refractivity contribution is 0.171. The van der Waals surface area contributed by atoms with Gasteiger partial charge < -0.3 is 14.8 Å².